The molecule has 4 nitrogen and oxygen atoms in total. The van der Waals surface area contributed by atoms with Crippen LogP contribution in [0.5, 0.6) is 0 Å². The number of nitrogens with two attached hydrogens (primary N) is 1. The second-order valence-electron chi connectivity index (χ2n) is 3.85. The molecule has 0 saturated heterocycles. The summed E-state index contributed by atoms with van der Waals surface area (Å²) < 4.78 is 5.13. The minimum Gasteiger partial charge on any atom is -0.339 e. The number of unbranched alkanes of at least 4 members (excludes halogenated alkanes) is 1. The summed E-state index contributed by atoms with van der Waals surface area (Å²) in [6.45, 7) is 0.682. The van der Waals surface area contributed by atoms with Crippen molar-refractivity contribution >= 4 is 0 Å². The first-order chi connectivity index (χ1) is 8.38. The Hall–Kier alpha value is -1.68. The molecule has 0 aliphatic rings. The van der Waals surface area contributed by atoms with E-state index in [1.54, 1.807) is 0 Å². The van der Waals surface area contributed by atoms with Gasteiger partial charge in [0.2, 0.25) is 5.89 Å². The molecule has 0 aliphatic carbocycles. The van der Waals surface area contributed by atoms with E-state index in [2.05, 4.69) is 10.1 Å². The molecule has 1 heterocycles. The van der Waals surface area contributed by atoms with E-state index in [1.165, 1.54) is 5.56 Å². The van der Waals surface area contributed by atoms with E-state index in [0.717, 1.165) is 18.7 Å². The number of benzene rings is 1. The Bertz CT molecular complexity index is 439. The summed E-state index contributed by atoms with van der Waals surface area (Å²) in [5.41, 5.74) is 6.60. The Labute approximate surface area is 101 Å². The van der Waals surface area contributed by atoms with Crippen LogP contribution in [0.2, 0.25) is 0 Å². The third-order valence-corrected chi connectivity index (χ3v) is 2.42. The van der Waals surface area contributed by atoms with Gasteiger partial charge in [-0.15, -0.1) is 0 Å². The third-order valence-electron chi connectivity index (χ3n) is 2.42. The quantitative estimate of drug-likeness (QED) is 0.770. The van der Waals surface area contributed by atoms with E-state index in [4.69, 9.17) is 10.3 Å². The highest BCUT2D eigenvalue weighted by Gasteiger charge is 2.06. The molecule has 1 aromatic carbocycles. The van der Waals surface area contributed by atoms with Crippen LogP contribution in [0.4, 0.5) is 0 Å². The Morgan fingerprint density at radius 3 is 2.82 bits per heavy atom. The largest absolute Gasteiger partial charge is 0.339 e. The van der Waals surface area contributed by atoms with Gasteiger partial charge in [0.1, 0.15) is 0 Å². The number of hydrogen-bond acceptors (Lipinski definition) is 4. The van der Waals surface area contributed by atoms with E-state index >= 15 is 0 Å². The predicted molar refractivity (Wildman–Crippen MR) is 65.2 cm³/mol. The van der Waals surface area contributed by atoms with Gasteiger partial charge in [-0.25, -0.2) is 0 Å². The maximum Gasteiger partial charge on any atom is 0.230 e. The summed E-state index contributed by atoms with van der Waals surface area (Å²) >= 11 is 0. The summed E-state index contributed by atoms with van der Waals surface area (Å²) in [4.78, 5) is 4.30. The summed E-state index contributed by atoms with van der Waals surface area (Å²) in [6, 6.07) is 10.1. The molecule has 2 N–H and O–H groups in total. The van der Waals surface area contributed by atoms with Crippen molar-refractivity contribution in [3.05, 3.63) is 54.0 Å². The van der Waals surface area contributed by atoms with Gasteiger partial charge in [-0.2, -0.15) is 4.98 Å². The number of hydrogen-bond donors (Lipinski definition) is 1. The lowest BCUT2D eigenvalue weighted by Crippen LogP contribution is -1.98. The van der Waals surface area contributed by atoms with Crippen LogP contribution in [0.25, 0.3) is 0 Å². The molecule has 0 spiro atoms. The van der Waals surface area contributed by atoms with Crippen molar-refractivity contribution in [1.82, 2.24) is 10.1 Å². The fraction of sp³-hybridized carbons (Fsp3) is 0.308. The minimum absolute atomic E-state index is 0.587. The van der Waals surface area contributed by atoms with Crippen molar-refractivity contribution < 1.29 is 4.52 Å². The van der Waals surface area contributed by atoms with Crippen LogP contribution in [0.3, 0.4) is 0 Å². The van der Waals surface area contributed by atoms with Crippen molar-refractivity contribution in [2.45, 2.75) is 19.3 Å². The van der Waals surface area contributed by atoms with E-state index in [-0.39, 0.29) is 0 Å². The molecule has 0 bridgehead atoms. The Morgan fingerprint density at radius 1 is 1.24 bits per heavy atom. The van der Waals surface area contributed by atoms with Crippen molar-refractivity contribution in [3.8, 4) is 0 Å². The fourth-order valence-corrected chi connectivity index (χ4v) is 1.54. The average Bonchev–Trinajstić information content (AvgIpc) is 2.79. The predicted octanol–water partition coefficient (Wildman–Crippen LogP) is 1.95. The van der Waals surface area contributed by atoms with E-state index in [0.29, 0.717) is 18.9 Å². The number of rotatable bonds is 6. The van der Waals surface area contributed by atoms with Crippen molar-refractivity contribution in [2.24, 2.45) is 5.73 Å². The maximum absolute atomic E-state index is 5.41. The molecule has 1 aromatic heterocycles. The normalized spacial score (nSPS) is 10.6. The Morgan fingerprint density at radius 2 is 2.06 bits per heavy atom. The Kier molecular flexibility index (Phi) is 4.27. The SMILES string of the molecule is NCCC[CH]c1nc(Cc2ccccc2)no1. The number of nitrogens with zero attached hydrogens (tertiary/aromatic N) is 2. The molecular formula is C13H16N3O. The first-order valence-electron chi connectivity index (χ1n) is 5.78. The molecule has 2 aromatic rings. The smallest absolute Gasteiger partial charge is 0.230 e. The second-order valence-corrected chi connectivity index (χ2v) is 3.85. The molecular weight excluding hydrogens is 214 g/mol. The minimum atomic E-state index is 0.587. The molecule has 0 saturated carbocycles. The monoisotopic (exact) mass is 230 g/mol. The zero-order valence-electron chi connectivity index (χ0n) is 9.67. The van der Waals surface area contributed by atoms with E-state index < -0.39 is 0 Å². The van der Waals surface area contributed by atoms with Crippen molar-refractivity contribution in [2.75, 3.05) is 6.54 Å². The van der Waals surface area contributed by atoms with Crippen LogP contribution >= 0.6 is 0 Å². The van der Waals surface area contributed by atoms with Crippen molar-refractivity contribution in [3.63, 3.8) is 0 Å². The molecule has 4 heteroatoms. The zero-order valence-corrected chi connectivity index (χ0v) is 9.67. The van der Waals surface area contributed by atoms with Gasteiger partial charge in [-0.3, -0.25) is 0 Å². The van der Waals surface area contributed by atoms with Crippen molar-refractivity contribution in [1.29, 1.82) is 0 Å². The zero-order chi connectivity index (χ0) is 11.9. The van der Waals surface area contributed by atoms with Crippen LogP contribution in [0, 0.1) is 6.42 Å². The molecule has 0 atom stereocenters. The molecule has 1 radical (unpaired) electrons. The highest BCUT2D eigenvalue weighted by atomic mass is 16.5. The molecule has 0 aliphatic heterocycles. The molecule has 0 fully saturated rings. The fourth-order valence-electron chi connectivity index (χ4n) is 1.54. The van der Waals surface area contributed by atoms with Crippen LogP contribution in [0.15, 0.2) is 34.9 Å². The van der Waals surface area contributed by atoms with Gasteiger partial charge in [-0.1, -0.05) is 35.5 Å². The summed E-state index contributed by atoms with van der Waals surface area (Å²) in [6.07, 6.45) is 4.45. The van der Waals surface area contributed by atoms with Gasteiger partial charge in [-0.05, 0) is 24.9 Å². The second kappa shape index (κ2) is 6.15. The van der Waals surface area contributed by atoms with Gasteiger partial charge in [0.05, 0.1) is 6.42 Å². The highest BCUT2D eigenvalue weighted by Crippen LogP contribution is 2.09. The van der Waals surface area contributed by atoms with Crippen LogP contribution < -0.4 is 5.73 Å². The lowest BCUT2D eigenvalue weighted by atomic mass is 10.1. The van der Waals surface area contributed by atoms with Crippen LogP contribution in [-0.2, 0) is 6.42 Å². The van der Waals surface area contributed by atoms with E-state index in [9.17, 15) is 0 Å². The average molecular weight is 230 g/mol. The molecule has 0 amide bonds. The summed E-state index contributed by atoms with van der Waals surface area (Å²) in [5.74, 6) is 1.31. The maximum atomic E-state index is 5.41. The molecule has 0 unspecified atom stereocenters. The first kappa shape index (κ1) is 11.8. The van der Waals surface area contributed by atoms with Crippen LogP contribution in [0.1, 0.15) is 30.1 Å². The lowest BCUT2D eigenvalue weighted by Gasteiger charge is -1.94. The van der Waals surface area contributed by atoms with Gasteiger partial charge in [0, 0.05) is 6.42 Å². The summed E-state index contributed by atoms with van der Waals surface area (Å²) in [7, 11) is 0. The van der Waals surface area contributed by atoms with Gasteiger partial charge in [0.15, 0.2) is 5.82 Å². The molecule has 17 heavy (non-hydrogen) atoms. The van der Waals surface area contributed by atoms with Gasteiger partial charge < -0.3 is 10.3 Å². The highest BCUT2D eigenvalue weighted by molar-refractivity contribution is 5.18. The molecule has 2 rings (SSSR count). The third kappa shape index (κ3) is 3.67. The van der Waals surface area contributed by atoms with Gasteiger partial charge >= 0.3 is 0 Å². The molecule has 89 valence electrons. The number of aromatic nitrogens is 2. The van der Waals surface area contributed by atoms with E-state index in [1.807, 2.05) is 36.8 Å². The standard InChI is InChI=1S/C13H16N3O/c14-9-5-4-8-13-15-12(16-17-13)10-11-6-2-1-3-7-11/h1-3,6-8H,4-5,9-10,14H2. The lowest BCUT2D eigenvalue weighted by molar-refractivity contribution is 0.390. The topological polar surface area (TPSA) is 64.9 Å². The van der Waals surface area contributed by atoms with Crippen LogP contribution in [-0.4, -0.2) is 16.7 Å². The Balaban J connectivity index is 1.90. The summed E-state index contributed by atoms with van der Waals surface area (Å²) in [5, 5.41) is 3.94. The van der Waals surface area contributed by atoms with Gasteiger partial charge in [0.25, 0.3) is 0 Å². The first-order valence-corrected chi connectivity index (χ1v) is 5.78.